The van der Waals surface area contributed by atoms with Crippen molar-refractivity contribution in [2.24, 2.45) is 0 Å². The summed E-state index contributed by atoms with van der Waals surface area (Å²) in [6, 6.07) is 17.0. The van der Waals surface area contributed by atoms with Gasteiger partial charge in [-0.25, -0.2) is 0 Å². The molecule has 4 aromatic rings. The number of pyridine rings is 1. The Bertz CT molecular complexity index is 1190. The van der Waals surface area contributed by atoms with Gasteiger partial charge in [-0.1, -0.05) is 0 Å². The second-order valence-corrected chi connectivity index (χ2v) is 6.77. The minimum atomic E-state index is -0.276. The minimum Gasteiger partial charge on any atom is -0.457 e. The fraction of sp³-hybridized carbons (Fsp3) is 0.136. The molecule has 0 radical (unpaired) electrons. The zero-order chi connectivity index (χ0) is 21.1. The number of carbonyl (C=O) groups excluding carboxylic acids is 1. The number of carbonyl (C=O) groups is 1. The number of fused-ring (bicyclic) bond motifs is 1. The molecule has 30 heavy (non-hydrogen) atoms. The molecule has 0 fully saturated rings. The van der Waals surface area contributed by atoms with Gasteiger partial charge in [0.05, 0.1) is 0 Å². The van der Waals surface area contributed by atoms with Gasteiger partial charge in [0.1, 0.15) is 22.7 Å². The van der Waals surface area contributed by atoms with Crippen LogP contribution in [-0.2, 0) is 0 Å². The molecule has 0 atom stereocenters. The fourth-order valence-corrected chi connectivity index (χ4v) is 2.85. The molecular formula is C22H21N5O3. The van der Waals surface area contributed by atoms with Crippen molar-refractivity contribution >= 4 is 34.4 Å². The van der Waals surface area contributed by atoms with Crippen molar-refractivity contribution in [3.8, 4) is 11.5 Å². The number of aromatic nitrogens is 2. The van der Waals surface area contributed by atoms with E-state index in [4.69, 9.17) is 9.15 Å². The molecule has 1 amide bonds. The van der Waals surface area contributed by atoms with E-state index in [0.717, 1.165) is 11.4 Å². The Labute approximate surface area is 173 Å². The van der Waals surface area contributed by atoms with Crippen LogP contribution < -0.4 is 20.3 Å². The quantitative estimate of drug-likeness (QED) is 0.499. The van der Waals surface area contributed by atoms with Crippen molar-refractivity contribution in [1.29, 1.82) is 0 Å². The largest absolute Gasteiger partial charge is 0.457 e. The number of oxazole rings is 1. The summed E-state index contributed by atoms with van der Waals surface area (Å²) in [5, 5.41) is 5.70. The molecule has 0 aliphatic heterocycles. The van der Waals surface area contributed by atoms with Gasteiger partial charge in [0.15, 0.2) is 5.58 Å². The molecule has 2 aromatic heterocycles. The lowest BCUT2D eigenvalue weighted by Gasteiger charge is -2.12. The van der Waals surface area contributed by atoms with E-state index >= 15 is 0 Å². The maximum atomic E-state index is 11.7. The van der Waals surface area contributed by atoms with Gasteiger partial charge in [-0.2, -0.15) is 4.98 Å². The third-order valence-electron chi connectivity index (χ3n) is 4.42. The van der Waals surface area contributed by atoms with E-state index in [1.54, 1.807) is 37.4 Å². The summed E-state index contributed by atoms with van der Waals surface area (Å²) < 4.78 is 11.6. The van der Waals surface area contributed by atoms with Crippen LogP contribution in [0.5, 0.6) is 11.5 Å². The Hall–Kier alpha value is -4.07. The van der Waals surface area contributed by atoms with Gasteiger partial charge in [0.25, 0.3) is 11.9 Å². The highest BCUT2D eigenvalue weighted by atomic mass is 16.5. The molecule has 2 N–H and O–H groups in total. The second kappa shape index (κ2) is 8.12. The Kier molecular flexibility index (Phi) is 5.21. The second-order valence-electron chi connectivity index (χ2n) is 6.77. The summed E-state index contributed by atoms with van der Waals surface area (Å²) in [5.41, 5.74) is 3.55. The van der Waals surface area contributed by atoms with Crippen LogP contribution in [0.3, 0.4) is 0 Å². The van der Waals surface area contributed by atoms with Gasteiger partial charge in [0, 0.05) is 50.8 Å². The van der Waals surface area contributed by atoms with Crippen molar-refractivity contribution in [3.05, 3.63) is 66.5 Å². The van der Waals surface area contributed by atoms with Crippen molar-refractivity contribution in [1.82, 2.24) is 15.3 Å². The fourth-order valence-electron chi connectivity index (χ4n) is 2.85. The zero-order valence-corrected chi connectivity index (χ0v) is 16.8. The lowest BCUT2D eigenvalue weighted by Crippen LogP contribution is -2.18. The summed E-state index contributed by atoms with van der Waals surface area (Å²) in [6.07, 6.45) is 1.53. The Morgan fingerprint density at radius 3 is 2.53 bits per heavy atom. The Morgan fingerprint density at radius 2 is 1.80 bits per heavy atom. The topological polar surface area (TPSA) is 92.5 Å². The highest BCUT2D eigenvalue weighted by molar-refractivity contribution is 5.92. The minimum absolute atomic E-state index is 0.276. The number of ether oxygens (including phenoxy) is 1. The molecule has 2 heterocycles. The number of anilines is 3. The van der Waals surface area contributed by atoms with Crippen LogP contribution in [0.4, 0.5) is 17.4 Å². The predicted molar refractivity (Wildman–Crippen MR) is 116 cm³/mol. The maximum Gasteiger partial charge on any atom is 0.300 e. The first-order chi connectivity index (χ1) is 14.5. The predicted octanol–water partition coefficient (Wildman–Crippen LogP) is 4.18. The molecule has 4 rings (SSSR count). The molecule has 8 nitrogen and oxygen atoms in total. The molecule has 0 aliphatic carbocycles. The van der Waals surface area contributed by atoms with Crippen LogP contribution in [0, 0.1) is 0 Å². The number of rotatable bonds is 6. The molecule has 0 bridgehead atoms. The molecule has 0 saturated carbocycles. The average Bonchev–Trinajstić information content (AvgIpc) is 3.15. The third-order valence-corrected chi connectivity index (χ3v) is 4.42. The van der Waals surface area contributed by atoms with Gasteiger partial charge >= 0.3 is 0 Å². The van der Waals surface area contributed by atoms with Gasteiger partial charge in [0.2, 0.25) is 0 Å². The van der Waals surface area contributed by atoms with Crippen LogP contribution in [-0.4, -0.2) is 37.0 Å². The first-order valence-corrected chi connectivity index (χ1v) is 9.33. The van der Waals surface area contributed by atoms with E-state index in [9.17, 15) is 4.79 Å². The number of benzene rings is 2. The molecule has 0 saturated heterocycles. The smallest absolute Gasteiger partial charge is 0.300 e. The molecule has 2 aromatic carbocycles. The summed E-state index contributed by atoms with van der Waals surface area (Å²) in [5.74, 6) is 0.805. The van der Waals surface area contributed by atoms with E-state index < -0.39 is 0 Å². The monoisotopic (exact) mass is 403 g/mol. The van der Waals surface area contributed by atoms with Crippen LogP contribution >= 0.6 is 0 Å². The van der Waals surface area contributed by atoms with Crippen molar-refractivity contribution in [2.75, 3.05) is 31.4 Å². The highest BCUT2D eigenvalue weighted by Gasteiger charge is 2.10. The van der Waals surface area contributed by atoms with E-state index in [0.29, 0.717) is 28.6 Å². The van der Waals surface area contributed by atoms with Crippen molar-refractivity contribution in [3.63, 3.8) is 0 Å². The number of nitrogens with zero attached hydrogens (tertiary/aromatic N) is 3. The van der Waals surface area contributed by atoms with Crippen LogP contribution in [0.15, 0.2) is 65.2 Å². The zero-order valence-electron chi connectivity index (χ0n) is 16.8. The molecule has 0 aliphatic rings. The van der Waals surface area contributed by atoms with Crippen LogP contribution in [0.2, 0.25) is 0 Å². The average molecular weight is 403 g/mol. The number of amides is 1. The van der Waals surface area contributed by atoms with Gasteiger partial charge in [-0.05, 0) is 42.5 Å². The van der Waals surface area contributed by atoms with E-state index in [-0.39, 0.29) is 11.6 Å². The van der Waals surface area contributed by atoms with E-state index in [1.165, 1.54) is 6.20 Å². The van der Waals surface area contributed by atoms with Crippen LogP contribution in [0.1, 0.15) is 10.5 Å². The first kappa shape index (κ1) is 19.3. The standard InChI is InChI=1S/C22H21N5O3/c1-23-21(28)19-13-17(10-11-24-19)29-16-8-9-20-18(12-16)26-22(30-20)25-14-4-6-15(7-5-14)27(2)3/h4-13H,1-3H3,(H,23,28)(H,25,26). The summed E-state index contributed by atoms with van der Waals surface area (Å²) in [6.45, 7) is 0. The third kappa shape index (κ3) is 4.17. The van der Waals surface area contributed by atoms with Crippen LogP contribution in [0.25, 0.3) is 11.1 Å². The van der Waals surface area contributed by atoms with E-state index in [2.05, 4.69) is 20.6 Å². The van der Waals surface area contributed by atoms with Gasteiger partial charge in [-0.3, -0.25) is 9.78 Å². The molecule has 152 valence electrons. The number of hydrogen-bond acceptors (Lipinski definition) is 7. The normalized spacial score (nSPS) is 10.6. The van der Waals surface area contributed by atoms with E-state index in [1.807, 2.05) is 43.3 Å². The SMILES string of the molecule is CNC(=O)c1cc(Oc2ccc3oc(Nc4ccc(N(C)C)cc4)nc3c2)ccn1. The molecule has 0 spiro atoms. The summed E-state index contributed by atoms with van der Waals surface area (Å²) >= 11 is 0. The summed E-state index contributed by atoms with van der Waals surface area (Å²) in [4.78, 5) is 22.3. The molecular weight excluding hydrogens is 382 g/mol. The lowest BCUT2D eigenvalue weighted by atomic mass is 10.2. The summed E-state index contributed by atoms with van der Waals surface area (Å²) in [7, 11) is 5.54. The van der Waals surface area contributed by atoms with Crippen molar-refractivity contribution in [2.45, 2.75) is 0 Å². The Balaban J connectivity index is 1.52. The number of hydrogen-bond donors (Lipinski definition) is 2. The number of nitrogens with one attached hydrogen (secondary N) is 2. The molecule has 8 heteroatoms. The molecule has 0 unspecified atom stereocenters. The Morgan fingerprint density at radius 1 is 1.03 bits per heavy atom. The lowest BCUT2D eigenvalue weighted by molar-refractivity contribution is 0.0958. The first-order valence-electron chi connectivity index (χ1n) is 9.33. The van der Waals surface area contributed by atoms with Gasteiger partial charge < -0.3 is 24.7 Å². The maximum absolute atomic E-state index is 11.7. The van der Waals surface area contributed by atoms with Gasteiger partial charge in [-0.15, -0.1) is 0 Å². The highest BCUT2D eigenvalue weighted by Crippen LogP contribution is 2.28. The van der Waals surface area contributed by atoms with Crippen molar-refractivity contribution < 1.29 is 13.9 Å².